The Bertz CT molecular complexity index is 758. The first-order valence-electron chi connectivity index (χ1n) is 7.65. The number of aromatic carboxylic acids is 1. The zero-order valence-corrected chi connectivity index (χ0v) is 14.3. The van der Waals surface area contributed by atoms with Crippen molar-refractivity contribution in [1.29, 1.82) is 0 Å². The third kappa shape index (κ3) is 4.06. The summed E-state index contributed by atoms with van der Waals surface area (Å²) in [7, 11) is 0. The van der Waals surface area contributed by atoms with Gasteiger partial charge in [-0.2, -0.15) is 0 Å². The van der Waals surface area contributed by atoms with Gasteiger partial charge >= 0.3 is 5.97 Å². The fourth-order valence-electron chi connectivity index (χ4n) is 2.46. The molecule has 126 valence electrons. The van der Waals surface area contributed by atoms with E-state index in [-0.39, 0.29) is 11.5 Å². The number of nitrogens with zero attached hydrogens (tertiary/aromatic N) is 1. The van der Waals surface area contributed by atoms with Gasteiger partial charge in [-0.1, -0.05) is 17.7 Å². The lowest BCUT2D eigenvalue weighted by Crippen LogP contribution is -2.24. The van der Waals surface area contributed by atoms with Crippen molar-refractivity contribution in [1.82, 2.24) is 0 Å². The van der Waals surface area contributed by atoms with Crippen LogP contribution in [0.5, 0.6) is 0 Å². The van der Waals surface area contributed by atoms with Gasteiger partial charge in [0.25, 0.3) is 5.91 Å². The molecular weight excluding hydrogens is 328 g/mol. The summed E-state index contributed by atoms with van der Waals surface area (Å²) in [6.07, 6.45) is 0. The molecule has 0 aliphatic carbocycles. The van der Waals surface area contributed by atoms with Crippen LogP contribution in [0, 0.1) is 0 Å². The van der Waals surface area contributed by atoms with E-state index >= 15 is 0 Å². The summed E-state index contributed by atoms with van der Waals surface area (Å²) in [6.45, 7) is 5.32. The molecule has 0 aliphatic rings. The van der Waals surface area contributed by atoms with E-state index in [1.165, 1.54) is 6.07 Å². The average Bonchev–Trinajstić information content (AvgIpc) is 2.56. The molecule has 0 atom stereocenters. The molecule has 0 saturated carbocycles. The Morgan fingerprint density at radius 2 is 1.83 bits per heavy atom. The van der Waals surface area contributed by atoms with Gasteiger partial charge < -0.3 is 15.3 Å². The van der Waals surface area contributed by atoms with E-state index in [0.717, 1.165) is 0 Å². The quantitative estimate of drug-likeness (QED) is 0.824. The number of anilines is 2. The van der Waals surface area contributed by atoms with Crippen LogP contribution in [0.15, 0.2) is 42.5 Å². The molecule has 0 heterocycles. The number of benzene rings is 2. The van der Waals surface area contributed by atoms with Crippen molar-refractivity contribution < 1.29 is 14.7 Å². The van der Waals surface area contributed by atoms with Crippen molar-refractivity contribution in [2.45, 2.75) is 13.8 Å². The second-order valence-electron chi connectivity index (χ2n) is 5.17. The van der Waals surface area contributed by atoms with Crippen LogP contribution in [0.4, 0.5) is 11.4 Å². The Morgan fingerprint density at radius 1 is 1.12 bits per heavy atom. The van der Waals surface area contributed by atoms with E-state index in [1.54, 1.807) is 36.4 Å². The number of carbonyl (C=O) groups is 2. The van der Waals surface area contributed by atoms with Gasteiger partial charge in [-0.05, 0) is 50.2 Å². The van der Waals surface area contributed by atoms with Gasteiger partial charge in [0.2, 0.25) is 0 Å². The van der Waals surface area contributed by atoms with E-state index < -0.39 is 5.97 Å². The Balaban J connectivity index is 2.30. The van der Waals surface area contributed by atoms with Gasteiger partial charge in [-0.15, -0.1) is 0 Å². The van der Waals surface area contributed by atoms with Crippen molar-refractivity contribution >= 4 is 34.9 Å². The van der Waals surface area contributed by atoms with Gasteiger partial charge in [0.1, 0.15) is 0 Å². The molecule has 0 aliphatic heterocycles. The predicted octanol–water partition coefficient (Wildman–Crippen LogP) is 4.14. The maximum absolute atomic E-state index is 12.3. The number of amides is 1. The summed E-state index contributed by atoms with van der Waals surface area (Å²) in [5.41, 5.74) is 1.62. The molecule has 0 aromatic heterocycles. The molecular formula is C18H19ClN2O3. The second kappa shape index (κ2) is 7.84. The van der Waals surface area contributed by atoms with E-state index in [9.17, 15) is 14.7 Å². The molecule has 0 spiro atoms. The SMILES string of the molecule is CCN(CC)c1ccc(NC(=O)c2cccc(Cl)c2)cc1C(=O)O. The molecule has 2 rings (SSSR count). The van der Waals surface area contributed by atoms with Crippen LogP contribution in [0.3, 0.4) is 0 Å². The summed E-state index contributed by atoms with van der Waals surface area (Å²) >= 11 is 5.88. The number of nitrogens with one attached hydrogen (secondary N) is 1. The fourth-order valence-corrected chi connectivity index (χ4v) is 2.65. The third-order valence-corrected chi connectivity index (χ3v) is 3.91. The van der Waals surface area contributed by atoms with Gasteiger partial charge in [-0.25, -0.2) is 4.79 Å². The lowest BCUT2D eigenvalue weighted by Gasteiger charge is -2.23. The van der Waals surface area contributed by atoms with Gasteiger partial charge in [0, 0.05) is 29.4 Å². The Kier molecular flexibility index (Phi) is 5.82. The number of rotatable bonds is 6. The lowest BCUT2D eigenvalue weighted by atomic mass is 10.1. The average molecular weight is 347 g/mol. The van der Waals surface area contributed by atoms with Crippen LogP contribution < -0.4 is 10.2 Å². The molecule has 1 amide bonds. The van der Waals surface area contributed by atoms with Crippen molar-refractivity contribution in [3.63, 3.8) is 0 Å². The van der Waals surface area contributed by atoms with Crippen LogP contribution in [0.2, 0.25) is 5.02 Å². The Morgan fingerprint density at radius 3 is 2.42 bits per heavy atom. The van der Waals surface area contributed by atoms with Crippen LogP contribution >= 0.6 is 11.6 Å². The Labute approximate surface area is 145 Å². The zero-order chi connectivity index (χ0) is 17.7. The minimum Gasteiger partial charge on any atom is -0.478 e. The van der Waals surface area contributed by atoms with Crippen molar-refractivity contribution in [3.05, 3.63) is 58.6 Å². The first-order valence-corrected chi connectivity index (χ1v) is 8.03. The molecule has 24 heavy (non-hydrogen) atoms. The standard InChI is InChI=1S/C18H19ClN2O3/c1-3-21(4-2)16-9-8-14(11-15(16)18(23)24)20-17(22)12-6-5-7-13(19)10-12/h5-11H,3-4H2,1-2H3,(H,20,22)(H,23,24). The number of hydrogen-bond donors (Lipinski definition) is 2. The molecule has 5 nitrogen and oxygen atoms in total. The number of carboxylic acids is 1. The Hall–Kier alpha value is -2.53. The minimum atomic E-state index is -1.03. The second-order valence-corrected chi connectivity index (χ2v) is 5.61. The summed E-state index contributed by atoms with van der Waals surface area (Å²) in [6, 6.07) is 11.4. The molecule has 2 N–H and O–H groups in total. The number of hydrogen-bond acceptors (Lipinski definition) is 3. The highest BCUT2D eigenvalue weighted by Crippen LogP contribution is 2.25. The summed E-state index contributed by atoms with van der Waals surface area (Å²) in [5, 5.41) is 12.6. The van der Waals surface area contributed by atoms with E-state index in [4.69, 9.17) is 11.6 Å². The summed E-state index contributed by atoms with van der Waals surface area (Å²) in [4.78, 5) is 25.8. The van der Waals surface area contributed by atoms with Gasteiger partial charge in [0.15, 0.2) is 0 Å². The van der Waals surface area contributed by atoms with Crippen LogP contribution in [-0.4, -0.2) is 30.1 Å². The summed E-state index contributed by atoms with van der Waals surface area (Å²) < 4.78 is 0. The highest BCUT2D eigenvalue weighted by Gasteiger charge is 2.16. The maximum atomic E-state index is 12.3. The monoisotopic (exact) mass is 346 g/mol. The number of halogens is 1. The minimum absolute atomic E-state index is 0.155. The predicted molar refractivity (Wildman–Crippen MR) is 96.4 cm³/mol. The van der Waals surface area contributed by atoms with Crippen LogP contribution in [-0.2, 0) is 0 Å². The van der Waals surface area contributed by atoms with Crippen LogP contribution in [0.25, 0.3) is 0 Å². The maximum Gasteiger partial charge on any atom is 0.337 e. The molecule has 0 radical (unpaired) electrons. The fraction of sp³-hybridized carbons (Fsp3) is 0.222. The highest BCUT2D eigenvalue weighted by atomic mass is 35.5. The molecule has 0 fully saturated rings. The molecule has 2 aromatic rings. The van der Waals surface area contributed by atoms with E-state index in [0.29, 0.717) is 35.1 Å². The van der Waals surface area contributed by atoms with Gasteiger partial charge in [-0.3, -0.25) is 4.79 Å². The molecule has 0 saturated heterocycles. The highest BCUT2D eigenvalue weighted by molar-refractivity contribution is 6.31. The smallest absolute Gasteiger partial charge is 0.337 e. The summed E-state index contributed by atoms with van der Waals surface area (Å²) in [5.74, 6) is -1.37. The number of carboxylic acid groups (broad SMARTS) is 1. The molecule has 0 bridgehead atoms. The molecule has 0 unspecified atom stereocenters. The first-order chi connectivity index (χ1) is 11.5. The number of carbonyl (C=O) groups excluding carboxylic acids is 1. The topological polar surface area (TPSA) is 69.6 Å². The van der Waals surface area contributed by atoms with Gasteiger partial charge in [0.05, 0.1) is 11.3 Å². The third-order valence-electron chi connectivity index (χ3n) is 3.68. The van der Waals surface area contributed by atoms with Crippen molar-refractivity contribution in [2.75, 3.05) is 23.3 Å². The van der Waals surface area contributed by atoms with E-state index in [2.05, 4.69) is 5.32 Å². The normalized spacial score (nSPS) is 10.3. The van der Waals surface area contributed by atoms with E-state index in [1.807, 2.05) is 18.7 Å². The van der Waals surface area contributed by atoms with Crippen molar-refractivity contribution in [3.8, 4) is 0 Å². The lowest BCUT2D eigenvalue weighted by molar-refractivity contribution is 0.0697. The first kappa shape index (κ1) is 17.8. The zero-order valence-electron chi connectivity index (χ0n) is 13.5. The van der Waals surface area contributed by atoms with Crippen LogP contribution in [0.1, 0.15) is 34.6 Å². The molecule has 6 heteroatoms. The largest absolute Gasteiger partial charge is 0.478 e. The molecule has 2 aromatic carbocycles. The van der Waals surface area contributed by atoms with Crippen molar-refractivity contribution in [2.24, 2.45) is 0 Å².